The summed E-state index contributed by atoms with van der Waals surface area (Å²) in [5, 5.41) is 45.3. The van der Waals surface area contributed by atoms with Gasteiger partial charge in [0.2, 0.25) is 11.5 Å². The van der Waals surface area contributed by atoms with Crippen LogP contribution in [0.4, 0.5) is 5.69 Å². The first kappa shape index (κ1) is 45.1. The molecule has 308 valence electrons. The number of aliphatic hydroxyl groups is 2. The number of aromatic nitrogens is 3. The minimum absolute atomic E-state index is 0.0981. The van der Waals surface area contributed by atoms with E-state index in [2.05, 4.69) is 17.0 Å². The summed E-state index contributed by atoms with van der Waals surface area (Å²) in [6.07, 6.45) is 16.9. The smallest absolute Gasteiger partial charge is 0.472 e. The molecule has 1 saturated heterocycles. The number of nitrogen functional groups attached to an aromatic ring is 1. The molecule has 0 amide bonds. The maximum absolute atomic E-state index is 13.2. The molecular weight excluding hydrogens is 739 g/mol. The van der Waals surface area contributed by atoms with Crippen molar-refractivity contribution < 1.29 is 42.9 Å². The Morgan fingerprint density at radius 2 is 1.57 bits per heavy atom. The molecule has 1 unspecified atom stereocenters. The first-order valence-electron chi connectivity index (χ1n) is 20.0. The predicted octanol–water partition coefficient (Wildman–Crippen LogP) is 6.88. The van der Waals surface area contributed by atoms with Crippen LogP contribution in [0.2, 0.25) is 0 Å². The highest BCUT2D eigenvalue weighted by Gasteiger charge is 2.58. The molecule has 5 N–H and O–H groups in total. The van der Waals surface area contributed by atoms with E-state index in [9.17, 15) is 24.9 Å². The molecule has 4 rings (SSSR count). The Kier molecular flexibility index (Phi) is 19.0. The van der Waals surface area contributed by atoms with Crippen molar-refractivity contribution in [3.8, 4) is 18.0 Å². The summed E-state index contributed by atoms with van der Waals surface area (Å²) in [7, 11) is -4.84. The van der Waals surface area contributed by atoms with Gasteiger partial charge in [-0.05, 0) is 30.7 Å². The number of phosphoric acid groups is 1. The van der Waals surface area contributed by atoms with E-state index in [0.717, 1.165) is 19.3 Å². The van der Waals surface area contributed by atoms with Gasteiger partial charge in [-0.3, -0.25) is 9.05 Å². The molecule has 0 aliphatic carbocycles. The van der Waals surface area contributed by atoms with E-state index in [1.165, 1.54) is 119 Å². The fraction of sp³-hybridized carbons (Fsp3) is 0.650. The fourth-order valence-electron chi connectivity index (χ4n) is 6.81. The van der Waals surface area contributed by atoms with Gasteiger partial charge in [-0.15, -0.1) is 0 Å². The van der Waals surface area contributed by atoms with Crippen LogP contribution in [0.1, 0.15) is 121 Å². The van der Waals surface area contributed by atoms with Crippen LogP contribution < -0.4 is 10.5 Å². The zero-order chi connectivity index (χ0) is 40.2. The Bertz CT molecular complexity index is 1730. The van der Waals surface area contributed by atoms with Gasteiger partial charge in [0.15, 0.2) is 0 Å². The lowest BCUT2D eigenvalue weighted by molar-refractivity contribution is -0.0669. The highest BCUT2D eigenvalue weighted by atomic mass is 31.2. The Hall–Kier alpha value is -3.63. The van der Waals surface area contributed by atoms with Gasteiger partial charge in [0, 0.05) is 25.1 Å². The van der Waals surface area contributed by atoms with Gasteiger partial charge in [-0.1, -0.05) is 103 Å². The zero-order valence-electron chi connectivity index (χ0n) is 32.5. The zero-order valence-corrected chi connectivity index (χ0v) is 33.4. The normalized spacial score (nSPS) is 21.1. The molecule has 15 nitrogen and oxygen atoms in total. The molecule has 0 radical (unpaired) electrons. The Morgan fingerprint density at radius 1 is 0.929 bits per heavy atom. The number of nitrogens with two attached hydrogens (primary N) is 1. The van der Waals surface area contributed by atoms with Crippen LogP contribution in [0.3, 0.4) is 0 Å². The van der Waals surface area contributed by atoms with E-state index < -0.39 is 44.4 Å². The van der Waals surface area contributed by atoms with Gasteiger partial charge in [-0.2, -0.15) is 15.6 Å². The largest absolute Gasteiger partial charge is 0.475 e. The van der Waals surface area contributed by atoms with Crippen molar-refractivity contribution in [1.82, 2.24) is 14.6 Å². The number of ether oxygens (including phenoxy) is 3. The number of pyridine rings is 1. The molecule has 1 aliphatic rings. The number of anilines is 1. The second kappa shape index (κ2) is 23.6. The van der Waals surface area contributed by atoms with Gasteiger partial charge >= 0.3 is 7.82 Å². The van der Waals surface area contributed by atoms with E-state index in [4.69, 9.17) is 34.3 Å². The van der Waals surface area contributed by atoms with Crippen LogP contribution in [-0.4, -0.2) is 80.5 Å². The maximum atomic E-state index is 13.2. The minimum atomic E-state index is -4.84. The number of hydrogen-bond acceptors (Lipinski definition) is 13. The summed E-state index contributed by atoms with van der Waals surface area (Å²) in [6.45, 7) is 1.62. The van der Waals surface area contributed by atoms with Crippen LogP contribution in [0.5, 0.6) is 5.88 Å². The molecule has 1 fully saturated rings. The van der Waals surface area contributed by atoms with Gasteiger partial charge in [0.1, 0.15) is 43.2 Å². The molecule has 0 aromatic carbocycles. The highest BCUT2D eigenvalue weighted by molar-refractivity contribution is 7.47. The number of fused-ring (bicyclic) bond motifs is 1. The fourth-order valence-corrected chi connectivity index (χ4v) is 7.70. The number of rotatable bonds is 28. The monoisotopic (exact) mass is 798 g/mol. The molecule has 16 heteroatoms. The molecule has 0 spiro atoms. The highest BCUT2D eigenvalue weighted by Crippen LogP contribution is 2.47. The second-order valence-electron chi connectivity index (χ2n) is 14.4. The summed E-state index contributed by atoms with van der Waals surface area (Å²) >= 11 is 0. The van der Waals surface area contributed by atoms with Crippen molar-refractivity contribution >= 4 is 19.0 Å². The van der Waals surface area contributed by atoms with Crippen molar-refractivity contribution in [3.63, 3.8) is 0 Å². The van der Waals surface area contributed by atoms with Crippen molar-refractivity contribution in [1.29, 1.82) is 10.5 Å². The molecule has 1 aliphatic heterocycles. The Labute approximate surface area is 330 Å². The summed E-state index contributed by atoms with van der Waals surface area (Å²) in [4.78, 5) is 14.8. The number of nitrogens with zero attached hydrogens (tertiary/aromatic N) is 5. The predicted molar refractivity (Wildman–Crippen MR) is 209 cm³/mol. The third-order valence-corrected chi connectivity index (χ3v) is 11.0. The molecular formula is C40H59N6O9P. The molecule has 3 aromatic heterocycles. The van der Waals surface area contributed by atoms with Crippen LogP contribution in [0.15, 0.2) is 42.7 Å². The van der Waals surface area contributed by atoms with Crippen molar-refractivity contribution in [3.05, 3.63) is 54.0 Å². The van der Waals surface area contributed by atoms with E-state index >= 15 is 0 Å². The topological polar surface area (TPSA) is 228 Å². The number of aliphatic hydroxyl groups excluding tert-OH is 2. The lowest BCUT2D eigenvalue weighted by atomic mass is 9.92. The standard InChI is InChI=1S/C40H59N6O9P/c1-2-3-4-5-6-7-8-9-10-11-12-13-14-15-16-17-24-51-27-32(28-52-37-21-18-31(25-41)26-44-37)55-56(49,50)53-29-35-38(47)39(48)40(30-42,54-35)36-20-19-34-33(43)22-23-45-46(34)36/h18-23,26,32,35,38-39,47-48H,2-17,24,27-29,43H2,1H3,(H,49,50)/t32-,35-,38-,39-,40+/m1/s1. The number of unbranched alkanes of at least 4 members (excludes halogenated alkanes) is 15. The molecule has 0 bridgehead atoms. The van der Waals surface area contributed by atoms with Crippen molar-refractivity contribution in [2.45, 2.75) is 140 Å². The molecule has 0 saturated carbocycles. The lowest BCUT2D eigenvalue weighted by Gasteiger charge is -2.24. The average molecular weight is 799 g/mol. The van der Waals surface area contributed by atoms with Gasteiger partial charge in [0.05, 0.1) is 35.7 Å². The average Bonchev–Trinajstić information content (AvgIpc) is 3.75. The Morgan fingerprint density at radius 3 is 2.16 bits per heavy atom. The molecule has 6 atom stereocenters. The SMILES string of the molecule is CCCCCCCCCCCCCCCCCCOC[C@H](COc1ccc(C#N)cn1)OP(=O)(O)OC[C@H]1O[C@@](C#N)(c2ccc3c(N)ccnn23)[C@H](O)[C@@H]1O. The van der Waals surface area contributed by atoms with Crippen LogP contribution in [-0.2, 0) is 28.7 Å². The van der Waals surface area contributed by atoms with E-state index in [1.54, 1.807) is 12.1 Å². The molecule has 3 aromatic rings. The summed E-state index contributed by atoms with van der Waals surface area (Å²) in [5.74, 6) is 0.169. The third-order valence-electron chi connectivity index (χ3n) is 10.0. The Balaban J connectivity index is 1.20. The van der Waals surface area contributed by atoms with Crippen LogP contribution in [0.25, 0.3) is 5.52 Å². The third kappa shape index (κ3) is 13.5. The van der Waals surface area contributed by atoms with Gasteiger partial charge < -0.3 is 35.1 Å². The minimum Gasteiger partial charge on any atom is -0.475 e. The van der Waals surface area contributed by atoms with E-state index in [1.807, 2.05) is 12.1 Å². The van der Waals surface area contributed by atoms with E-state index in [0.29, 0.717) is 23.4 Å². The maximum Gasteiger partial charge on any atom is 0.472 e. The first-order valence-corrected chi connectivity index (χ1v) is 21.5. The molecule has 4 heterocycles. The van der Waals surface area contributed by atoms with Crippen LogP contribution in [0, 0.1) is 22.7 Å². The summed E-state index contributed by atoms with van der Waals surface area (Å²) in [5.41, 5.74) is 5.20. The summed E-state index contributed by atoms with van der Waals surface area (Å²) < 4.78 is 42.5. The number of nitriles is 2. The number of hydrogen-bond donors (Lipinski definition) is 4. The second-order valence-corrected chi connectivity index (χ2v) is 15.8. The van der Waals surface area contributed by atoms with E-state index in [-0.39, 0.29) is 24.8 Å². The van der Waals surface area contributed by atoms with Gasteiger partial charge in [-0.25, -0.2) is 14.1 Å². The quantitative estimate of drug-likeness (QED) is 0.0434. The first-order chi connectivity index (χ1) is 27.1. The van der Waals surface area contributed by atoms with Gasteiger partial charge in [0.25, 0.3) is 0 Å². The lowest BCUT2D eigenvalue weighted by Crippen LogP contribution is -2.41. The van der Waals surface area contributed by atoms with Crippen molar-refractivity contribution in [2.75, 3.05) is 32.2 Å². The summed E-state index contributed by atoms with van der Waals surface area (Å²) in [6, 6.07) is 11.6. The molecule has 56 heavy (non-hydrogen) atoms. The number of phosphoric ester groups is 1. The van der Waals surface area contributed by atoms with Crippen LogP contribution >= 0.6 is 7.82 Å². The van der Waals surface area contributed by atoms with Crippen molar-refractivity contribution in [2.24, 2.45) is 0 Å².